The zero-order valence-electron chi connectivity index (χ0n) is 15.3. The van der Waals surface area contributed by atoms with Crippen LogP contribution in [0.1, 0.15) is 45.4 Å². The van der Waals surface area contributed by atoms with Crippen molar-refractivity contribution < 1.29 is 8.42 Å². The quantitative estimate of drug-likeness (QED) is 0.255. The Morgan fingerprint density at radius 1 is 1.24 bits per heavy atom. The van der Waals surface area contributed by atoms with Gasteiger partial charge in [-0.15, -0.1) is 24.0 Å². The summed E-state index contributed by atoms with van der Waals surface area (Å²) in [6.45, 7) is 3.17. The van der Waals surface area contributed by atoms with Crippen molar-refractivity contribution in [3.63, 3.8) is 0 Å². The van der Waals surface area contributed by atoms with E-state index in [9.17, 15) is 8.42 Å². The molecule has 2 aliphatic carbocycles. The van der Waals surface area contributed by atoms with Crippen LogP contribution in [0.25, 0.3) is 0 Å². The summed E-state index contributed by atoms with van der Waals surface area (Å²) in [5.41, 5.74) is 0. The molecular formula is C16H33IN4O2S2. The summed E-state index contributed by atoms with van der Waals surface area (Å²) in [6, 6.07) is 0.439. The van der Waals surface area contributed by atoms with E-state index in [-0.39, 0.29) is 29.7 Å². The Labute approximate surface area is 174 Å². The van der Waals surface area contributed by atoms with Crippen LogP contribution in [0.4, 0.5) is 0 Å². The van der Waals surface area contributed by atoms with E-state index in [2.05, 4.69) is 27.3 Å². The van der Waals surface area contributed by atoms with Gasteiger partial charge in [-0.2, -0.15) is 11.8 Å². The Morgan fingerprint density at radius 2 is 2.00 bits per heavy atom. The van der Waals surface area contributed by atoms with Gasteiger partial charge < -0.3 is 10.6 Å². The van der Waals surface area contributed by atoms with Crippen LogP contribution in [-0.2, 0) is 10.0 Å². The molecule has 0 aromatic carbocycles. The van der Waals surface area contributed by atoms with Gasteiger partial charge in [0.25, 0.3) is 0 Å². The van der Waals surface area contributed by atoms with E-state index in [1.54, 1.807) is 7.05 Å². The van der Waals surface area contributed by atoms with E-state index in [1.165, 1.54) is 12.8 Å². The zero-order valence-corrected chi connectivity index (χ0v) is 19.3. The van der Waals surface area contributed by atoms with Crippen LogP contribution in [0.5, 0.6) is 0 Å². The van der Waals surface area contributed by atoms with Gasteiger partial charge in [0.15, 0.2) is 5.96 Å². The largest absolute Gasteiger partial charge is 0.355 e. The van der Waals surface area contributed by atoms with Crippen molar-refractivity contribution >= 4 is 51.7 Å². The maximum Gasteiger partial charge on any atom is 0.213 e. The summed E-state index contributed by atoms with van der Waals surface area (Å²) in [7, 11) is -1.47. The lowest BCUT2D eigenvalue weighted by Gasteiger charge is -2.25. The Hall–Kier alpha value is 0.260. The number of thioether (sulfide) groups is 1. The van der Waals surface area contributed by atoms with Crippen LogP contribution in [-0.4, -0.2) is 57.3 Å². The maximum absolute atomic E-state index is 12.0. The van der Waals surface area contributed by atoms with E-state index < -0.39 is 10.0 Å². The minimum Gasteiger partial charge on any atom is -0.355 e. The number of hydrogen-bond donors (Lipinski definition) is 3. The van der Waals surface area contributed by atoms with Gasteiger partial charge in [0.2, 0.25) is 10.0 Å². The fourth-order valence-electron chi connectivity index (χ4n) is 3.16. The molecule has 0 radical (unpaired) electrons. The third kappa shape index (κ3) is 8.66. The molecule has 2 saturated carbocycles. The molecule has 0 heterocycles. The van der Waals surface area contributed by atoms with Crippen molar-refractivity contribution in [1.82, 2.24) is 15.4 Å². The van der Waals surface area contributed by atoms with Crippen molar-refractivity contribution in [1.29, 1.82) is 0 Å². The van der Waals surface area contributed by atoms with Crippen LogP contribution < -0.4 is 15.4 Å². The van der Waals surface area contributed by atoms with E-state index in [0.717, 1.165) is 36.7 Å². The minimum atomic E-state index is -3.20. The molecule has 6 nitrogen and oxygen atoms in total. The summed E-state index contributed by atoms with van der Waals surface area (Å²) in [4.78, 5) is 4.21. The first-order valence-electron chi connectivity index (χ1n) is 9.08. The molecule has 0 amide bonds. The van der Waals surface area contributed by atoms with Gasteiger partial charge in [-0.25, -0.2) is 13.1 Å². The summed E-state index contributed by atoms with van der Waals surface area (Å²) >= 11 is 2.02. The molecule has 25 heavy (non-hydrogen) atoms. The van der Waals surface area contributed by atoms with Crippen molar-refractivity contribution in [3.8, 4) is 0 Å². The molecular weight excluding hydrogens is 471 g/mol. The number of guanidine groups is 1. The third-order valence-corrected chi connectivity index (χ3v) is 7.41. The normalized spacial score (nSPS) is 24.5. The molecule has 2 aliphatic rings. The highest BCUT2D eigenvalue weighted by Gasteiger charge is 2.25. The average Bonchev–Trinajstić information content (AvgIpc) is 2.92. The van der Waals surface area contributed by atoms with Crippen LogP contribution in [0.2, 0.25) is 0 Å². The molecule has 0 aromatic heterocycles. The highest BCUT2D eigenvalue weighted by Crippen LogP contribution is 2.29. The smallest absolute Gasteiger partial charge is 0.213 e. The Morgan fingerprint density at radius 3 is 2.60 bits per heavy atom. The monoisotopic (exact) mass is 504 g/mol. The molecule has 2 unspecified atom stereocenters. The van der Waals surface area contributed by atoms with Gasteiger partial charge in [0.1, 0.15) is 0 Å². The second-order valence-electron chi connectivity index (χ2n) is 6.69. The predicted molar refractivity (Wildman–Crippen MR) is 119 cm³/mol. The Kier molecular flexibility index (Phi) is 11.1. The molecule has 0 aromatic rings. The number of nitrogens with zero attached hydrogens (tertiary/aromatic N) is 1. The molecule has 0 aliphatic heterocycles. The van der Waals surface area contributed by atoms with Crippen LogP contribution in [0, 0.1) is 5.92 Å². The number of halogens is 1. The molecule has 0 spiro atoms. The van der Waals surface area contributed by atoms with Gasteiger partial charge in [-0.05, 0) is 43.8 Å². The maximum atomic E-state index is 12.0. The van der Waals surface area contributed by atoms with E-state index in [1.807, 2.05) is 11.8 Å². The summed E-state index contributed by atoms with van der Waals surface area (Å²) in [6.07, 6.45) is 7.08. The molecule has 3 N–H and O–H groups in total. The fourth-order valence-corrected chi connectivity index (χ4v) is 5.31. The third-order valence-electron chi connectivity index (χ3n) is 4.83. The highest BCUT2D eigenvalue weighted by molar-refractivity contribution is 14.0. The second-order valence-corrected chi connectivity index (χ2v) is 10.2. The molecule has 0 saturated heterocycles. The van der Waals surface area contributed by atoms with Gasteiger partial charge in [-0.3, -0.25) is 4.99 Å². The predicted octanol–water partition coefficient (Wildman–Crippen LogP) is 2.16. The van der Waals surface area contributed by atoms with Crippen LogP contribution in [0.15, 0.2) is 4.99 Å². The Bertz CT molecular complexity index is 512. The van der Waals surface area contributed by atoms with Crippen molar-refractivity contribution in [2.75, 3.05) is 31.6 Å². The summed E-state index contributed by atoms with van der Waals surface area (Å²) in [5.74, 6) is 2.49. The Balaban J connectivity index is 0.00000312. The first-order chi connectivity index (χ1) is 11.5. The lowest BCUT2D eigenvalue weighted by Crippen LogP contribution is -2.45. The van der Waals surface area contributed by atoms with Gasteiger partial charge in [0.05, 0.1) is 5.75 Å². The second kappa shape index (κ2) is 11.9. The van der Waals surface area contributed by atoms with Crippen molar-refractivity contribution in [2.24, 2.45) is 10.9 Å². The SMILES string of the molecule is CCSC1CCC(NC(=NC)NCCS(=O)(=O)NCC2CCC2)C1.I. The van der Waals surface area contributed by atoms with Crippen molar-refractivity contribution in [2.45, 2.75) is 56.7 Å². The van der Waals surface area contributed by atoms with Crippen LogP contribution in [0.3, 0.4) is 0 Å². The first kappa shape index (κ1) is 23.3. The highest BCUT2D eigenvalue weighted by atomic mass is 127. The van der Waals surface area contributed by atoms with E-state index >= 15 is 0 Å². The first-order valence-corrected chi connectivity index (χ1v) is 11.8. The summed E-state index contributed by atoms with van der Waals surface area (Å²) < 4.78 is 26.7. The zero-order chi connectivity index (χ0) is 17.4. The van der Waals surface area contributed by atoms with E-state index in [0.29, 0.717) is 31.0 Å². The average molecular weight is 505 g/mol. The molecule has 148 valence electrons. The van der Waals surface area contributed by atoms with Gasteiger partial charge in [-0.1, -0.05) is 13.3 Å². The number of hydrogen-bond acceptors (Lipinski definition) is 4. The van der Waals surface area contributed by atoms with Gasteiger partial charge >= 0.3 is 0 Å². The van der Waals surface area contributed by atoms with Gasteiger partial charge in [0, 0.05) is 31.4 Å². The molecule has 9 heteroatoms. The minimum absolute atomic E-state index is 0. The fraction of sp³-hybridized carbons (Fsp3) is 0.938. The summed E-state index contributed by atoms with van der Waals surface area (Å²) in [5, 5.41) is 7.28. The number of sulfonamides is 1. The topological polar surface area (TPSA) is 82.6 Å². The van der Waals surface area contributed by atoms with Crippen LogP contribution >= 0.6 is 35.7 Å². The van der Waals surface area contributed by atoms with E-state index in [4.69, 9.17) is 0 Å². The number of aliphatic imine (C=N–C) groups is 1. The lowest BCUT2D eigenvalue weighted by atomic mass is 9.86. The molecule has 2 rings (SSSR count). The molecule has 2 atom stereocenters. The number of nitrogens with one attached hydrogen (secondary N) is 3. The lowest BCUT2D eigenvalue weighted by molar-refractivity contribution is 0.316. The standard InChI is InChI=1S/C16H32N4O2S2.HI/c1-3-23-15-8-7-14(11-15)20-16(17-2)18-9-10-24(21,22)19-12-13-5-4-6-13;/h13-15,19H,3-12H2,1-2H3,(H2,17,18,20);1H. The molecule has 2 fully saturated rings. The number of rotatable bonds is 9. The van der Waals surface area contributed by atoms with Crippen molar-refractivity contribution in [3.05, 3.63) is 0 Å². The molecule has 0 bridgehead atoms.